The molecule has 0 aliphatic carbocycles. The quantitative estimate of drug-likeness (QED) is 0.545. The Morgan fingerprint density at radius 3 is 3.17 bits per heavy atom. The molecule has 0 spiro atoms. The molecular weight excluding hydrogens is 238 g/mol. The lowest BCUT2D eigenvalue weighted by molar-refractivity contribution is -0.0363. The van der Waals surface area contributed by atoms with Crippen LogP contribution in [0.2, 0.25) is 0 Å². The Kier molecular flexibility index (Phi) is 1.72. The van der Waals surface area contributed by atoms with Crippen LogP contribution in [0.25, 0.3) is 11.2 Å². The van der Waals surface area contributed by atoms with Gasteiger partial charge < -0.3 is 15.6 Å². The van der Waals surface area contributed by atoms with Gasteiger partial charge in [0.05, 0.1) is 12.2 Å². The molecule has 0 amide bonds. The van der Waals surface area contributed by atoms with Crippen molar-refractivity contribution < 1.29 is 9.84 Å². The molecule has 2 aromatic heterocycles. The van der Waals surface area contributed by atoms with E-state index >= 15 is 0 Å². The molecule has 0 saturated carbocycles. The van der Waals surface area contributed by atoms with Crippen LogP contribution in [0.5, 0.6) is 0 Å². The second-order valence-corrected chi connectivity index (χ2v) is 4.66. The number of anilines is 1. The summed E-state index contributed by atoms with van der Waals surface area (Å²) < 4.78 is 7.42. The first-order chi connectivity index (χ1) is 8.63. The highest BCUT2D eigenvalue weighted by atomic mass is 16.5. The molecule has 8 nitrogen and oxygen atoms in total. The van der Waals surface area contributed by atoms with Gasteiger partial charge in [-0.1, -0.05) is 0 Å². The van der Waals surface area contributed by atoms with Gasteiger partial charge in [-0.3, -0.25) is 14.3 Å². The summed E-state index contributed by atoms with van der Waals surface area (Å²) in [5.41, 5.74) is 5.88. The third kappa shape index (κ3) is 1.13. The zero-order valence-electron chi connectivity index (χ0n) is 9.33. The normalized spacial score (nSPS) is 29.7. The van der Waals surface area contributed by atoms with Crippen molar-refractivity contribution in [2.75, 3.05) is 5.73 Å². The Balaban J connectivity index is 2.03. The molecule has 0 aromatic carbocycles. The molecule has 0 radical (unpaired) electrons. The smallest absolute Gasteiger partial charge is 0.280 e. The minimum atomic E-state index is -0.494. The summed E-state index contributed by atoms with van der Waals surface area (Å²) in [5, 5.41) is 9.79. The standard InChI is InChI=1S/C10H11N5O3/c11-10-13-8-7(9(17)14-10)12-5-2-4-3(16)1-6(18-4)15(5)8/h3-4,6,16H,1-2H2,(H3,11,13,14,17). The van der Waals surface area contributed by atoms with E-state index in [0.29, 0.717) is 24.3 Å². The number of imidazole rings is 1. The summed E-state index contributed by atoms with van der Waals surface area (Å²) >= 11 is 0. The predicted octanol–water partition coefficient (Wildman–Crippen LogP) is -1.09. The van der Waals surface area contributed by atoms with Gasteiger partial charge >= 0.3 is 0 Å². The molecule has 18 heavy (non-hydrogen) atoms. The lowest BCUT2D eigenvalue weighted by atomic mass is 10.1. The first-order valence-electron chi connectivity index (χ1n) is 5.73. The Labute approximate surface area is 100 Å². The average Bonchev–Trinajstić information content (AvgIpc) is 2.80. The van der Waals surface area contributed by atoms with E-state index in [-0.39, 0.29) is 29.4 Å². The molecule has 94 valence electrons. The topological polar surface area (TPSA) is 119 Å². The molecule has 4 rings (SSSR count). The van der Waals surface area contributed by atoms with Crippen LogP contribution in [0.15, 0.2) is 4.79 Å². The van der Waals surface area contributed by atoms with Gasteiger partial charge in [0.15, 0.2) is 11.2 Å². The largest absolute Gasteiger partial charge is 0.390 e. The fraction of sp³-hybridized carbons (Fsp3) is 0.500. The van der Waals surface area contributed by atoms with Crippen molar-refractivity contribution in [1.29, 1.82) is 0 Å². The number of H-pyrrole nitrogens is 1. The van der Waals surface area contributed by atoms with E-state index in [1.165, 1.54) is 0 Å². The maximum absolute atomic E-state index is 11.7. The van der Waals surface area contributed by atoms with Crippen molar-refractivity contribution in [3.05, 3.63) is 16.2 Å². The molecule has 2 bridgehead atoms. The van der Waals surface area contributed by atoms with Crippen molar-refractivity contribution >= 4 is 17.1 Å². The highest BCUT2D eigenvalue weighted by Crippen LogP contribution is 2.37. The van der Waals surface area contributed by atoms with Crippen molar-refractivity contribution in [2.24, 2.45) is 0 Å². The van der Waals surface area contributed by atoms with Crippen LogP contribution in [0.3, 0.4) is 0 Å². The van der Waals surface area contributed by atoms with Crippen LogP contribution >= 0.6 is 0 Å². The fourth-order valence-corrected chi connectivity index (χ4v) is 2.73. The number of fused-ring (bicyclic) bond motifs is 6. The molecule has 1 fully saturated rings. The second kappa shape index (κ2) is 3.09. The summed E-state index contributed by atoms with van der Waals surface area (Å²) in [4.78, 5) is 22.6. The van der Waals surface area contributed by atoms with E-state index in [4.69, 9.17) is 10.5 Å². The predicted molar refractivity (Wildman–Crippen MR) is 60.8 cm³/mol. The minimum absolute atomic E-state index is 0.0517. The number of aliphatic hydroxyl groups excluding tert-OH is 1. The summed E-state index contributed by atoms with van der Waals surface area (Å²) in [7, 11) is 0. The van der Waals surface area contributed by atoms with E-state index in [2.05, 4.69) is 15.0 Å². The van der Waals surface area contributed by atoms with Gasteiger partial charge in [0.2, 0.25) is 5.95 Å². The lowest BCUT2D eigenvalue weighted by Gasteiger charge is -2.22. The Bertz CT molecular complexity index is 703. The first-order valence-corrected chi connectivity index (χ1v) is 5.73. The highest BCUT2D eigenvalue weighted by Gasteiger charge is 2.42. The van der Waals surface area contributed by atoms with Crippen LogP contribution in [0, 0.1) is 0 Å². The van der Waals surface area contributed by atoms with Gasteiger partial charge in [-0.15, -0.1) is 0 Å². The molecule has 1 saturated heterocycles. The minimum Gasteiger partial charge on any atom is -0.390 e. The van der Waals surface area contributed by atoms with E-state index in [1.807, 2.05) is 0 Å². The number of aromatic amines is 1. The first kappa shape index (κ1) is 10.0. The third-order valence-corrected chi connectivity index (χ3v) is 3.52. The number of aliphatic hydroxyl groups is 1. The van der Waals surface area contributed by atoms with E-state index in [1.54, 1.807) is 4.57 Å². The van der Waals surface area contributed by atoms with Crippen LogP contribution in [-0.2, 0) is 11.2 Å². The SMILES string of the molecule is Nc1nc2c(nc3n2C2CC(O)C(C3)O2)c(=O)[nH]1. The highest BCUT2D eigenvalue weighted by molar-refractivity contribution is 5.71. The van der Waals surface area contributed by atoms with Gasteiger partial charge in [-0.25, -0.2) is 4.98 Å². The third-order valence-electron chi connectivity index (χ3n) is 3.52. The number of ether oxygens (including phenoxy) is 1. The van der Waals surface area contributed by atoms with Crippen molar-refractivity contribution in [2.45, 2.75) is 31.3 Å². The van der Waals surface area contributed by atoms with Gasteiger partial charge in [-0.05, 0) is 0 Å². The zero-order chi connectivity index (χ0) is 12.4. The Morgan fingerprint density at radius 2 is 2.33 bits per heavy atom. The number of rotatable bonds is 0. The van der Waals surface area contributed by atoms with Crippen molar-refractivity contribution in [3.8, 4) is 0 Å². The maximum Gasteiger partial charge on any atom is 0.280 e. The number of nitrogens with two attached hydrogens (primary N) is 1. The summed E-state index contributed by atoms with van der Waals surface area (Å²) in [6.07, 6.45) is -0.0838. The van der Waals surface area contributed by atoms with Gasteiger partial charge in [0.25, 0.3) is 5.56 Å². The molecule has 4 heterocycles. The number of nitrogen functional groups attached to an aromatic ring is 1. The average molecular weight is 249 g/mol. The molecule has 3 atom stereocenters. The van der Waals surface area contributed by atoms with Crippen LogP contribution in [0.4, 0.5) is 5.95 Å². The van der Waals surface area contributed by atoms with Crippen LogP contribution < -0.4 is 11.3 Å². The summed E-state index contributed by atoms with van der Waals surface area (Å²) in [6, 6.07) is 0. The van der Waals surface area contributed by atoms with E-state index < -0.39 is 6.10 Å². The number of aromatic nitrogens is 4. The van der Waals surface area contributed by atoms with Crippen LogP contribution in [0.1, 0.15) is 18.5 Å². The van der Waals surface area contributed by atoms with Crippen LogP contribution in [-0.4, -0.2) is 36.8 Å². The van der Waals surface area contributed by atoms with Gasteiger partial charge in [-0.2, -0.15) is 4.98 Å². The molecule has 8 heteroatoms. The summed E-state index contributed by atoms with van der Waals surface area (Å²) in [5.74, 6) is 0.766. The molecule has 2 aliphatic rings. The summed E-state index contributed by atoms with van der Waals surface area (Å²) in [6.45, 7) is 0. The molecule has 2 aromatic rings. The lowest BCUT2D eigenvalue weighted by Crippen LogP contribution is -2.28. The molecule has 4 N–H and O–H groups in total. The van der Waals surface area contributed by atoms with Crippen molar-refractivity contribution in [3.63, 3.8) is 0 Å². The Hall–Kier alpha value is -1.93. The van der Waals surface area contributed by atoms with E-state index in [9.17, 15) is 9.90 Å². The maximum atomic E-state index is 11.7. The molecular formula is C10H11N5O3. The van der Waals surface area contributed by atoms with Crippen molar-refractivity contribution in [1.82, 2.24) is 19.5 Å². The second-order valence-electron chi connectivity index (χ2n) is 4.66. The fourth-order valence-electron chi connectivity index (χ4n) is 2.73. The number of hydrogen-bond donors (Lipinski definition) is 3. The van der Waals surface area contributed by atoms with E-state index in [0.717, 1.165) is 0 Å². The monoisotopic (exact) mass is 249 g/mol. The molecule has 2 aliphatic heterocycles. The molecule has 3 unspecified atom stereocenters. The Morgan fingerprint density at radius 1 is 1.50 bits per heavy atom. The van der Waals surface area contributed by atoms with Gasteiger partial charge in [0.1, 0.15) is 12.1 Å². The zero-order valence-corrected chi connectivity index (χ0v) is 9.33. The number of hydrogen-bond acceptors (Lipinski definition) is 6. The number of nitrogens with zero attached hydrogens (tertiary/aromatic N) is 3. The van der Waals surface area contributed by atoms with Gasteiger partial charge in [0, 0.05) is 12.8 Å². The number of nitrogens with one attached hydrogen (secondary N) is 1.